The zero-order valence-corrected chi connectivity index (χ0v) is 24.7. The van der Waals surface area contributed by atoms with Crippen LogP contribution < -0.4 is 4.74 Å². The van der Waals surface area contributed by atoms with Crippen LogP contribution in [-0.2, 0) is 0 Å². The van der Waals surface area contributed by atoms with Gasteiger partial charge in [0.1, 0.15) is 0 Å². The van der Waals surface area contributed by atoms with Crippen LogP contribution in [0.15, 0.2) is 48.9 Å². The van der Waals surface area contributed by atoms with E-state index in [1.807, 2.05) is 0 Å². The summed E-state index contributed by atoms with van der Waals surface area (Å²) in [5.41, 5.74) is 1.82. The molecular formula is C16H6Br8O. The first-order valence-electron chi connectivity index (χ1n) is 6.31. The number of halogens is 8. The van der Waals surface area contributed by atoms with Gasteiger partial charge in [-0.05, 0) is 127 Å². The molecule has 0 unspecified atom stereocenters. The lowest BCUT2D eigenvalue weighted by Gasteiger charge is -2.19. The molecule has 132 valence electrons. The lowest BCUT2D eigenvalue weighted by Crippen LogP contribution is -1.96. The Bertz CT molecular complexity index is 772. The molecule has 0 aliphatic carbocycles. The van der Waals surface area contributed by atoms with Crippen molar-refractivity contribution in [3.05, 3.63) is 60.1 Å². The largest absolute Gasteiger partial charge is 0.452 e. The van der Waals surface area contributed by atoms with E-state index in [1.165, 1.54) is 0 Å². The molecule has 1 nitrogen and oxygen atoms in total. The monoisotopic (exact) mass is 845 g/mol. The van der Waals surface area contributed by atoms with E-state index in [0.29, 0.717) is 11.5 Å². The molecule has 0 bridgehead atoms. The normalized spacial score (nSPS) is 10.7. The number of hydrogen-bond donors (Lipinski definition) is 0. The Labute approximate surface area is 213 Å². The molecule has 0 aliphatic rings. The summed E-state index contributed by atoms with van der Waals surface area (Å²) in [5, 5.41) is 0. The summed E-state index contributed by atoms with van der Waals surface area (Å²) in [5.74, 6) is 1.21. The van der Waals surface area contributed by atoms with Crippen LogP contribution in [-0.4, -0.2) is 0 Å². The number of hydrogen-bond acceptors (Lipinski definition) is 1. The number of ether oxygens (including phenoxy) is 1. The van der Waals surface area contributed by atoms with E-state index in [1.54, 1.807) is 12.2 Å². The molecule has 2 aromatic carbocycles. The van der Waals surface area contributed by atoms with Gasteiger partial charge in [-0.3, -0.25) is 0 Å². The lowest BCUT2D eigenvalue weighted by molar-refractivity contribution is 0.468. The number of benzene rings is 2. The zero-order valence-electron chi connectivity index (χ0n) is 12.0. The molecule has 0 spiro atoms. The van der Waals surface area contributed by atoms with Crippen molar-refractivity contribution in [2.45, 2.75) is 0 Å². The summed E-state index contributed by atoms with van der Waals surface area (Å²) in [6.07, 6.45) is 3.51. The van der Waals surface area contributed by atoms with Crippen molar-refractivity contribution in [2.24, 2.45) is 0 Å². The van der Waals surface area contributed by atoms with Crippen molar-refractivity contribution in [2.75, 3.05) is 0 Å². The second-order valence-corrected chi connectivity index (χ2v) is 10.9. The van der Waals surface area contributed by atoms with Crippen LogP contribution in [0.3, 0.4) is 0 Å². The summed E-state index contributed by atoms with van der Waals surface area (Å²) in [4.78, 5) is 0. The molecule has 0 N–H and O–H groups in total. The van der Waals surface area contributed by atoms with Crippen molar-refractivity contribution in [1.29, 1.82) is 0 Å². The van der Waals surface area contributed by atoms with Gasteiger partial charge in [-0.15, -0.1) is 0 Å². The standard InChI is InChI=1S/C16H6Br8O/c1-3-5-7(17)11(21)15(12(22)8(5)18)25-16-13(23)9(19)6(4-2)10(20)14(16)24/h3-4H,1-2H2. The van der Waals surface area contributed by atoms with Gasteiger partial charge >= 0.3 is 0 Å². The van der Waals surface area contributed by atoms with Gasteiger partial charge in [0.25, 0.3) is 0 Å². The molecule has 0 aromatic heterocycles. The third kappa shape index (κ3) is 4.28. The molecule has 2 rings (SSSR count). The van der Waals surface area contributed by atoms with Gasteiger partial charge < -0.3 is 4.74 Å². The van der Waals surface area contributed by atoms with Gasteiger partial charge in [-0.1, -0.05) is 25.3 Å². The minimum atomic E-state index is 0.607. The van der Waals surface area contributed by atoms with Gasteiger partial charge in [0, 0.05) is 29.0 Å². The molecule has 0 amide bonds. The molecule has 9 heteroatoms. The molecule has 0 fully saturated rings. The predicted molar refractivity (Wildman–Crippen MR) is 135 cm³/mol. The lowest BCUT2D eigenvalue weighted by atomic mass is 10.2. The highest BCUT2D eigenvalue weighted by Gasteiger charge is 2.24. The molecular weight excluding hydrogens is 847 g/mol. The first-order chi connectivity index (χ1) is 11.7. The number of rotatable bonds is 4. The fraction of sp³-hybridized carbons (Fsp3) is 0. The molecule has 0 saturated heterocycles. The van der Waals surface area contributed by atoms with E-state index in [0.717, 1.165) is 46.9 Å². The summed E-state index contributed by atoms with van der Waals surface area (Å²) in [6, 6.07) is 0. The molecule has 0 aliphatic heterocycles. The maximum Gasteiger partial charge on any atom is 0.158 e. The average molecular weight is 853 g/mol. The molecule has 0 radical (unpaired) electrons. The SMILES string of the molecule is C=Cc1c(Br)c(Br)c(Oc2c(Br)c(Br)c(C=C)c(Br)c2Br)c(Br)c1Br. The topological polar surface area (TPSA) is 9.23 Å². The quantitative estimate of drug-likeness (QED) is 0.279. The fourth-order valence-corrected chi connectivity index (χ4v) is 7.09. The van der Waals surface area contributed by atoms with E-state index in [-0.39, 0.29) is 0 Å². The Balaban J connectivity index is 2.74. The Morgan fingerprint density at radius 3 is 0.920 bits per heavy atom. The van der Waals surface area contributed by atoms with Crippen molar-refractivity contribution >= 4 is 140 Å². The Morgan fingerprint density at radius 2 is 0.720 bits per heavy atom. The van der Waals surface area contributed by atoms with E-state index < -0.39 is 0 Å². The van der Waals surface area contributed by atoms with Crippen molar-refractivity contribution in [3.63, 3.8) is 0 Å². The second kappa shape index (κ2) is 9.37. The first kappa shape index (κ1) is 22.8. The molecule has 0 heterocycles. The minimum Gasteiger partial charge on any atom is -0.452 e. The van der Waals surface area contributed by atoms with Gasteiger partial charge in [0.05, 0.1) is 17.9 Å². The van der Waals surface area contributed by atoms with Gasteiger partial charge in [-0.25, -0.2) is 0 Å². The molecule has 2 aromatic rings. The second-order valence-electron chi connectivity index (χ2n) is 4.51. The third-order valence-corrected chi connectivity index (χ3v) is 11.6. The van der Waals surface area contributed by atoms with Gasteiger partial charge in [0.15, 0.2) is 11.5 Å². The van der Waals surface area contributed by atoms with Crippen LogP contribution in [0.4, 0.5) is 0 Å². The van der Waals surface area contributed by atoms with E-state index in [4.69, 9.17) is 4.74 Å². The molecule has 0 atom stereocenters. The Hall–Kier alpha value is 1.56. The van der Waals surface area contributed by atoms with Crippen LogP contribution in [0.5, 0.6) is 11.5 Å². The van der Waals surface area contributed by atoms with Crippen molar-refractivity contribution in [1.82, 2.24) is 0 Å². The summed E-state index contributed by atoms with van der Waals surface area (Å²) >= 11 is 28.6. The first-order valence-corrected chi connectivity index (χ1v) is 12.7. The highest BCUT2D eigenvalue weighted by Crippen LogP contribution is 2.53. The highest BCUT2D eigenvalue weighted by molar-refractivity contribution is 9.14. The van der Waals surface area contributed by atoms with Crippen LogP contribution in [0.2, 0.25) is 0 Å². The summed E-state index contributed by atoms with van der Waals surface area (Å²) < 4.78 is 12.6. The summed E-state index contributed by atoms with van der Waals surface area (Å²) in [7, 11) is 0. The van der Waals surface area contributed by atoms with Crippen molar-refractivity contribution in [3.8, 4) is 11.5 Å². The summed E-state index contributed by atoms with van der Waals surface area (Å²) in [6.45, 7) is 7.68. The smallest absolute Gasteiger partial charge is 0.158 e. The molecule has 0 saturated carbocycles. The fourth-order valence-electron chi connectivity index (χ4n) is 1.90. The van der Waals surface area contributed by atoms with Gasteiger partial charge in [-0.2, -0.15) is 0 Å². The van der Waals surface area contributed by atoms with Crippen LogP contribution in [0.1, 0.15) is 11.1 Å². The van der Waals surface area contributed by atoms with Crippen LogP contribution in [0, 0.1) is 0 Å². The average Bonchev–Trinajstić information content (AvgIpc) is 2.59. The third-order valence-electron chi connectivity index (χ3n) is 3.13. The van der Waals surface area contributed by atoms with Gasteiger partial charge in [0.2, 0.25) is 0 Å². The van der Waals surface area contributed by atoms with E-state index >= 15 is 0 Å². The Morgan fingerprint density at radius 1 is 0.480 bits per heavy atom. The zero-order chi connectivity index (χ0) is 19.0. The highest BCUT2D eigenvalue weighted by atomic mass is 79.9. The minimum absolute atomic E-state index is 0.607. The predicted octanol–water partition coefficient (Wildman–Crippen LogP) is 10.9. The van der Waals surface area contributed by atoms with Crippen LogP contribution in [0.25, 0.3) is 12.2 Å². The maximum absolute atomic E-state index is 6.25. The van der Waals surface area contributed by atoms with Crippen molar-refractivity contribution < 1.29 is 4.74 Å². The van der Waals surface area contributed by atoms with Crippen LogP contribution >= 0.6 is 127 Å². The van der Waals surface area contributed by atoms with E-state index in [9.17, 15) is 0 Å². The Kier molecular flexibility index (Phi) is 8.56. The van der Waals surface area contributed by atoms with E-state index in [2.05, 4.69) is 141 Å². The maximum atomic E-state index is 6.25. The molecule has 25 heavy (non-hydrogen) atoms.